The SMILES string of the molecule is COc1c(C)c(OC)c(C)c(OCCCCCCCCCCO)c1C. The molecule has 0 aliphatic carbocycles. The number of methoxy groups -OCH3 is 2. The second kappa shape index (κ2) is 12.0. The van der Waals surface area contributed by atoms with Gasteiger partial charge in [-0.25, -0.2) is 0 Å². The molecule has 0 fully saturated rings. The highest BCUT2D eigenvalue weighted by Gasteiger charge is 2.19. The lowest BCUT2D eigenvalue weighted by atomic mass is 10.0. The van der Waals surface area contributed by atoms with Crippen LogP contribution in [0.2, 0.25) is 0 Å². The molecular weight excluding hydrogens is 316 g/mol. The summed E-state index contributed by atoms with van der Waals surface area (Å²) in [5.41, 5.74) is 3.11. The average Bonchev–Trinajstić information content (AvgIpc) is 2.60. The van der Waals surface area contributed by atoms with Crippen molar-refractivity contribution >= 4 is 0 Å². The standard InChI is InChI=1S/C21H36O4/c1-16-19(23-4)17(2)21(18(3)20(16)24-5)25-15-13-11-9-7-6-8-10-12-14-22/h22H,6-15H2,1-5H3. The van der Waals surface area contributed by atoms with Crippen LogP contribution >= 0.6 is 0 Å². The molecule has 0 aromatic heterocycles. The smallest absolute Gasteiger partial charge is 0.132 e. The van der Waals surface area contributed by atoms with Gasteiger partial charge in [0.25, 0.3) is 0 Å². The van der Waals surface area contributed by atoms with Gasteiger partial charge in [0.05, 0.1) is 20.8 Å². The molecule has 0 unspecified atom stereocenters. The first-order chi connectivity index (χ1) is 12.1. The van der Waals surface area contributed by atoms with Crippen LogP contribution in [0.5, 0.6) is 17.2 Å². The quantitative estimate of drug-likeness (QED) is 0.501. The van der Waals surface area contributed by atoms with Crippen LogP contribution in [0.4, 0.5) is 0 Å². The topological polar surface area (TPSA) is 47.9 Å². The predicted molar refractivity (Wildman–Crippen MR) is 103 cm³/mol. The van der Waals surface area contributed by atoms with Crippen molar-refractivity contribution in [1.29, 1.82) is 0 Å². The van der Waals surface area contributed by atoms with Gasteiger partial charge < -0.3 is 19.3 Å². The van der Waals surface area contributed by atoms with E-state index in [1.807, 2.05) is 20.8 Å². The maximum absolute atomic E-state index is 8.75. The van der Waals surface area contributed by atoms with Gasteiger partial charge in [0.2, 0.25) is 0 Å². The third kappa shape index (κ3) is 6.43. The fourth-order valence-electron chi connectivity index (χ4n) is 3.43. The maximum Gasteiger partial charge on any atom is 0.132 e. The summed E-state index contributed by atoms with van der Waals surface area (Å²) in [6.07, 6.45) is 9.37. The van der Waals surface area contributed by atoms with Crippen molar-refractivity contribution < 1.29 is 19.3 Å². The Hall–Kier alpha value is -1.42. The molecule has 1 rings (SSSR count). The highest BCUT2D eigenvalue weighted by atomic mass is 16.5. The van der Waals surface area contributed by atoms with Gasteiger partial charge in [-0.1, -0.05) is 38.5 Å². The fourth-order valence-corrected chi connectivity index (χ4v) is 3.43. The van der Waals surface area contributed by atoms with Crippen molar-refractivity contribution in [3.8, 4) is 17.2 Å². The van der Waals surface area contributed by atoms with Crippen molar-refractivity contribution in [2.45, 2.75) is 72.1 Å². The van der Waals surface area contributed by atoms with Gasteiger partial charge in [0.15, 0.2) is 0 Å². The highest BCUT2D eigenvalue weighted by Crippen LogP contribution is 2.42. The Labute approximate surface area is 153 Å². The van der Waals surface area contributed by atoms with E-state index >= 15 is 0 Å². The van der Waals surface area contributed by atoms with E-state index in [-0.39, 0.29) is 0 Å². The Balaban J connectivity index is 2.42. The molecular formula is C21H36O4. The molecule has 25 heavy (non-hydrogen) atoms. The van der Waals surface area contributed by atoms with Gasteiger partial charge in [-0.2, -0.15) is 0 Å². The van der Waals surface area contributed by atoms with E-state index in [0.29, 0.717) is 6.61 Å². The molecule has 0 aliphatic rings. The lowest BCUT2D eigenvalue weighted by Crippen LogP contribution is -2.05. The third-order valence-electron chi connectivity index (χ3n) is 4.75. The predicted octanol–water partition coefficient (Wildman–Crippen LogP) is 5.12. The summed E-state index contributed by atoms with van der Waals surface area (Å²) >= 11 is 0. The Kier molecular flexibility index (Phi) is 10.4. The number of ether oxygens (including phenoxy) is 3. The molecule has 0 bridgehead atoms. The van der Waals surface area contributed by atoms with Crippen LogP contribution < -0.4 is 14.2 Å². The van der Waals surface area contributed by atoms with Crippen molar-refractivity contribution in [3.63, 3.8) is 0 Å². The summed E-state index contributed by atoms with van der Waals surface area (Å²) in [4.78, 5) is 0. The molecule has 1 N–H and O–H groups in total. The molecule has 1 aromatic rings. The molecule has 0 saturated carbocycles. The molecule has 0 radical (unpaired) electrons. The first-order valence-corrected chi connectivity index (χ1v) is 9.53. The van der Waals surface area contributed by atoms with E-state index in [1.165, 1.54) is 32.1 Å². The zero-order valence-corrected chi connectivity index (χ0v) is 16.7. The number of unbranched alkanes of at least 4 members (excludes halogenated alkanes) is 7. The molecule has 0 amide bonds. The van der Waals surface area contributed by atoms with Crippen LogP contribution in [-0.4, -0.2) is 32.5 Å². The minimum atomic E-state index is 0.324. The number of benzene rings is 1. The van der Waals surface area contributed by atoms with Crippen molar-refractivity contribution in [2.24, 2.45) is 0 Å². The van der Waals surface area contributed by atoms with Gasteiger partial charge in [0, 0.05) is 23.3 Å². The lowest BCUT2D eigenvalue weighted by molar-refractivity contribution is 0.281. The molecule has 0 saturated heterocycles. The maximum atomic E-state index is 8.75. The summed E-state index contributed by atoms with van der Waals surface area (Å²) in [5, 5.41) is 8.75. The normalized spacial score (nSPS) is 10.8. The summed E-state index contributed by atoms with van der Waals surface area (Å²) in [6.45, 7) is 7.15. The second-order valence-corrected chi connectivity index (χ2v) is 6.67. The third-order valence-corrected chi connectivity index (χ3v) is 4.75. The monoisotopic (exact) mass is 352 g/mol. The van der Waals surface area contributed by atoms with Crippen LogP contribution in [0.15, 0.2) is 0 Å². The van der Waals surface area contributed by atoms with Gasteiger partial charge in [-0.15, -0.1) is 0 Å². The van der Waals surface area contributed by atoms with Gasteiger partial charge in [-0.05, 0) is 33.6 Å². The van der Waals surface area contributed by atoms with E-state index < -0.39 is 0 Å². The summed E-state index contributed by atoms with van der Waals surface area (Å²) < 4.78 is 17.2. The molecule has 0 spiro atoms. The number of rotatable bonds is 13. The number of hydrogen-bond donors (Lipinski definition) is 1. The van der Waals surface area contributed by atoms with Gasteiger partial charge >= 0.3 is 0 Å². The van der Waals surface area contributed by atoms with Crippen LogP contribution in [0.25, 0.3) is 0 Å². The number of hydrogen-bond acceptors (Lipinski definition) is 4. The molecule has 4 nitrogen and oxygen atoms in total. The molecule has 0 aliphatic heterocycles. The van der Waals surface area contributed by atoms with E-state index in [9.17, 15) is 0 Å². The van der Waals surface area contributed by atoms with E-state index in [1.54, 1.807) is 14.2 Å². The highest BCUT2D eigenvalue weighted by molar-refractivity contribution is 5.61. The minimum Gasteiger partial charge on any atom is -0.496 e. The van der Waals surface area contributed by atoms with Gasteiger partial charge in [-0.3, -0.25) is 0 Å². The molecule has 144 valence electrons. The van der Waals surface area contributed by atoms with E-state index in [0.717, 1.165) is 59.8 Å². The van der Waals surface area contributed by atoms with Crippen molar-refractivity contribution in [1.82, 2.24) is 0 Å². The number of aliphatic hydroxyl groups is 1. The zero-order valence-electron chi connectivity index (χ0n) is 16.7. The molecule has 0 heterocycles. The van der Waals surface area contributed by atoms with Crippen molar-refractivity contribution in [2.75, 3.05) is 27.4 Å². The Bertz CT molecular complexity index is 480. The lowest BCUT2D eigenvalue weighted by Gasteiger charge is -2.20. The Morgan fingerprint density at radius 2 is 1.00 bits per heavy atom. The van der Waals surface area contributed by atoms with Crippen molar-refractivity contribution in [3.05, 3.63) is 16.7 Å². The average molecular weight is 353 g/mol. The molecule has 4 heteroatoms. The first-order valence-electron chi connectivity index (χ1n) is 9.53. The van der Waals surface area contributed by atoms with Crippen LogP contribution in [0, 0.1) is 20.8 Å². The minimum absolute atomic E-state index is 0.324. The number of aliphatic hydroxyl groups excluding tert-OH is 1. The fraction of sp³-hybridized carbons (Fsp3) is 0.714. The molecule has 0 atom stereocenters. The van der Waals surface area contributed by atoms with Gasteiger partial charge in [0.1, 0.15) is 17.2 Å². The van der Waals surface area contributed by atoms with Crippen LogP contribution in [-0.2, 0) is 0 Å². The second-order valence-electron chi connectivity index (χ2n) is 6.67. The van der Waals surface area contributed by atoms with E-state index in [4.69, 9.17) is 19.3 Å². The Morgan fingerprint density at radius 1 is 0.600 bits per heavy atom. The first kappa shape index (κ1) is 21.6. The largest absolute Gasteiger partial charge is 0.496 e. The van der Waals surface area contributed by atoms with E-state index in [2.05, 4.69) is 0 Å². The summed E-state index contributed by atoms with van der Waals surface area (Å²) in [7, 11) is 3.38. The molecule has 1 aromatic carbocycles. The van der Waals surface area contributed by atoms with Crippen LogP contribution in [0.1, 0.15) is 68.1 Å². The summed E-state index contributed by atoms with van der Waals surface area (Å²) in [5.74, 6) is 2.59. The zero-order chi connectivity index (χ0) is 18.7. The summed E-state index contributed by atoms with van der Waals surface area (Å²) in [6, 6.07) is 0. The Morgan fingerprint density at radius 3 is 1.44 bits per heavy atom. The van der Waals surface area contributed by atoms with Crippen LogP contribution in [0.3, 0.4) is 0 Å².